The van der Waals surface area contributed by atoms with Crippen molar-refractivity contribution in [1.29, 1.82) is 0 Å². The van der Waals surface area contributed by atoms with E-state index in [4.69, 9.17) is 0 Å². The van der Waals surface area contributed by atoms with Gasteiger partial charge >= 0.3 is 0 Å². The Morgan fingerprint density at radius 3 is 1.92 bits per heavy atom. The maximum atomic E-state index is 4.50. The van der Waals surface area contributed by atoms with Crippen molar-refractivity contribution in [3.8, 4) is 0 Å². The van der Waals surface area contributed by atoms with Crippen LogP contribution in [-0.2, 0) is 12.2 Å². The summed E-state index contributed by atoms with van der Waals surface area (Å²) in [4.78, 5) is 0. The lowest BCUT2D eigenvalue weighted by molar-refractivity contribution is 0.126. The van der Waals surface area contributed by atoms with Crippen LogP contribution in [0.3, 0.4) is 0 Å². The Hall–Kier alpha value is -3.14. The molecule has 124 valence electrons. The summed E-state index contributed by atoms with van der Waals surface area (Å²) >= 11 is 0. The summed E-state index contributed by atoms with van der Waals surface area (Å²) in [6.45, 7) is 2.86. The maximum absolute atomic E-state index is 4.50. The summed E-state index contributed by atoms with van der Waals surface area (Å²) in [6, 6.07) is 31.0. The zero-order valence-electron chi connectivity index (χ0n) is 14.2. The van der Waals surface area contributed by atoms with Gasteiger partial charge in [0.1, 0.15) is 0 Å². The van der Waals surface area contributed by atoms with E-state index in [2.05, 4.69) is 78.0 Å². The van der Waals surface area contributed by atoms with E-state index in [9.17, 15) is 0 Å². The number of nitrogens with zero attached hydrogens (tertiary/aromatic N) is 4. The zero-order valence-corrected chi connectivity index (χ0v) is 14.2. The van der Waals surface area contributed by atoms with Crippen LogP contribution in [0, 0.1) is 0 Å². The Morgan fingerprint density at radius 2 is 1.28 bits per heavy atom. The topological polar surface area (TPSA) is 31.2 Å². The number of benzene rings is 3. The standard InChI is InChI=1S/C21H20N4/c1-21(19-13-7-3-8-14-19)24(17-18-11-5-2-6-12-18)22-23-25(21)20-15-9-4-10-16-20/h2-16H,17H2,1H3. The predicted octanol–water partition coefficient (Wildman–Crippen LogP) is 5.16. The molecule has 4 rings (SSSR count). The summed E-state index contributed by atoms with van der Waals surface area (Å²) < 4.78 is 0. The first-order valence-electron chi connectivity index (χ1n) is 8.42. The van der Waals surface area contributed by atoms with Crippen LogP contribution in [0.5, 0.6) is 0 Å². The molecule has 0 N–H and O–H groups in total. The van der Waals surface area contributed by atoms with Crippen LogP contribution < -0.4 is 5.01 Å². The van der Waals surface area contributed by atoms with Crippen molar-refractivity contribution in [3.63, 3.8) is 0 Å². The van der Waals surface area contributed by atoms with Gasteiger partial charge in [-0.1, -0.05) is 84.1 Å². The van der Waals surface area contributed by atoms with Crippen LogP contribution in [0.4, 0.5) is 5.69 Å². The quantitative estimate of drug-likeness (QED) is 0.662. The monoisotopic (exact) mass is 328 g/mol. The van der Waals surface area contributed by atoms with E-state index in [1.807, 2.05) is 40.3 Å². The summed E-state index contributed by atoms with van der Waals surface area (Å²) in [5, 5.41) is 13.0. The number of hydrogen-bond donors (Lipinski definition) is 0. The predicted molar refractivity (Wildman–Crippen MR) is 99.6 cm³/mol. The van der Waals surface area contributed by atoms with Gasteiger partial charge in [-0.25, -0.2) is 10.0 Å². The molecule has 0 bridgehead atoms. The van der Waals surface area contributed by atoms with Gasteiger partial charge in [0.15, 0.2) is 5.66 Å². The Balaban J connectivity index is 1.76. The van der Waals surface area contributed by atoms with Crippen LogP contribution in [0.2, 0.25) is 0 Å². The molecule has 0 amide bonds. The molecule has 0 spiro atoms. The Labute approximate surface area is 148 Å². The van der Waals surface area contributed by atoms with Gasteiger partial charge in [-0.2, -0.15) is 0 Å². The van der Waals surface area contributed by atoms with Crippen molar-refractivity contribution in [2.24, 2.45) is 10.4 Å². The molecule has 0 aromatic heterocycles. The molecule has 0 saturated heterocycles. The highest BCUT2D eigenvalue weighted by Crippen LogP contribution is 2.41. The molecule has 0 fully saturated rings. The highest BCUT2D eigenvalue weighted by molar-refractivity contribution is 5.50. The molecular formula is C21H20N4. The molecule has 25 heavy (non-hydrogen) atoms. The van der Waals surface area contributed by atoms with Gasteiger partial charge in [0, 0.05) is 5.56 Å². The van der Waals surface area contributed by atoms with E-state index in [0.29, 0.717) is 6.54 Å². The third kappa shape index (κ3) is 2.76. The number of rotatable bonds is 4. The minimum absolute atomic E-state index is 0.488. The van der Waals surface area contributed by atoms with Gasteiger partial charge in [0.2, 0.25) is 0 Å². The van der Waals surface area contributed by atoms with Crippen molar-refractivity contribution in [1.82, 2.24) is 5.01 Å². The van der Waals surface area contributed by atoms with Crippen molar-refractivity contribution < 1.29 is 0 Å². The van der Waals surface area contributed by atoms with Gasteiger partial charge in [-0.15, -0.1) is 0 Å². The molecule has 1 aliphatic heterocycles. The fraction of sp³-hybridized carbons (Fsp3) is 0.143. The average Bonchev–Trinajstić information content (AvgIpc) is 3.01. The first-order valence-corrected chi connectivity index (χ1v) is 8.42. The lowest BCUT2D eigenvalue weighted by Gasteiger charge is -2.39. The fourth-order valence-corrected chi connectivity index (χ4v) is 3.21. The second-order valence-electron chi connectivity index (χ2n) is 6.26. The van der Waals surface area contributed by atoms with E-state index < -0.39 is 5.66 Å². The van der Waals surface area contributed by atoms with Crippen LogP contribution in [0.1, 0.15) is 18.1 Å². The maximum Gasteiger partial charge on any atom is 0.176 e. The Morgan fingerprint density at radius 1 is 0.720 bits per heavy atom. The van der Waals surface area contributed by atoms with E-state index >= 15 is 0 Å². The second-order valence-corrected chi connectivity index (χ2v) is 6.26. The fourth-order valence-electron chi connectivity index (χ4n) is 3.21. The molecule has 1 heterocycles. The highest BCUT2D eigenvalue weighted by Gasteiger charge is 2.44. The molecule has 3 aromatic carbocycles. The summed E-state index contributed by atoms with van der Waals surface area (Å²) in [6.07, 6.45) is 0. The minimum Gasteiger partial charge on any atom is -0.242 e. The summed E-state index contributed by atoms with van der Waals surface area (Å²) in [5.41, 5.74) is 2.89. The van der Waals surface area contributed by atoms with Crippen molar-refractivity contribution in [2.75, 3.05) is 5.01 Å². The SMILES string of the molecule is CC1(c2ccccc2)N(Cc2ccccc2)N=NN1c1ccccc1. The number of anilines is 1. The number of hydrogen-bond acceptors (Lipinski definition) is 4. The normalized spacial score (nSPS) is 19.4. The Bertz CT molecular complexity index is 849. The van der Waals surface area contributed by atoms with Crippen molar-refractivity contribution >= 4 is 5.69 Å². The van der Waals surface area contributed by atoms with Crippen molar-refractivity contribution in [3.05, 3.63) is 102 Å². The van der Waals surface area contributed by atoms with E-state index in [1.54, 1.807) is 0 Å². The van der Waals surface area contributed by atoms with Crippen LogP contribution in [0.15, 0.2) is 101 Å². The third-order valence-corrected chi connectivity index (χ3v) is 4.65. The first kappa shape index (κ1) is 15.4. The molecule has 4 nitrogen and oxygen atoms in total. The molecule has 1 unspecified atom stereocenters. The number of para-hydroxylation sites is 1. The van der Waals surface area contributed by atoms with Gasteiger partial charge in [0.05, 0.1) is 12.2 Å². The van der Waals surface area contributed by atoms with E-state index in [0.717, 1.165) is 11.3 Å². The molecular weight excluding hydrogens is 308 g/mol. The average molecular weight is 328 g/mol. The largest absolute Gasteiger partial charge is 0.242 e. The lowest BCUT2D eigenvalue weighted by atomic mass is 9.98. The minimum atomic E-state index is -0.488. The van der Waals surface area contributed by atoms with Gasteiger partial charge in [-0.05, 0) is 29.8 Å². The molecule has 0 aliphatic carbocycles. The van der Waals surface area contributed by atoms with Crippen LogP contribution in [-0.4, -0.2) is 5.01 Å². The van der Waals surface area contributed by atoms with Gasteiger partial charge in [0.25, 0.3) is 0 Å². The van der Waals surface area contributed by atoms with Gasteiger partial charge < -0.3 is 0 Å². The highest BCUT2D eigenvalue weighted by atomic mass is 15.8. The molecule has 0 saturated carbocycles. The third-order valence-electron chi connectivity index (χ3n) is 4.65. The zero-order chi connectivity index (χ0) is 17.1. The summed E-state index contributed by atoms with van der Waals surface area (Å²) in [7, 11) is 0. The molecule has 4 heteroatoms. The second kappa shape index (κ2) is 6.40. The van der Waals surface area contributed by atoms with Gasteiger partial charge in [-0.3, -0.25) is 0 Å². The van der Waals surface area contributed by atoms with Crippen LogP contribution >= 0.6 is 0 Å². The van der Waals surface area contributed by atoms with Crippen LogP contribution in [0.25, 0.3) is 0 Å². The molecule has 3 aromatic rings. The van der Waals surface area contributed by atoms with Crippen molar-refractivity contribution in [2.45, 2.75) is 19.1 Å². The molecule has 1 aliphatic rings. The Kier molecular flexibility index (Phi) is 3.94. The summed E-state index contributed by atoms with van der Waals surface area (Å²) in [5.74, 6) is 0. The van der Waals surface area contributed by atoms with E-state index in [-0.39, 0.29) is 0 Å². The lowest BCUT2D eigenvalue weighted by Crippen LogP contribution is -2.47. The molecule has 1 atom stereocenters. The first-order chi connectivity index (χ1) is 12.3. The smallest absolute Gasteiger partial charge is 0.176 e. The van der Waals surface area contributed by atoms with E-state index in [1.165, 1.54) is 5.56 Å². The molecule has 0 radical (unpaired) electrons.